The number of ether oxygens (including phenoxy) is 1. The molecule has 0 spiro atoms. The molecule has 6 heteroatoms. The number of benzene rings is 1. The molecule has 0 radical (unpaired) electrons. The number of hydrogen-bond donors (Lipinski definition) is 1. The van der Waals surface area contributed by atoms with E-state index in [1.807, 2.05) is 48.1 Å². The Kier molecular flexibility index (Phi) is 4.71. The Morgan fingerprint density at radius 1 is 1.22 bits per heavy atom. The maximum absolute atomic E-state index is 12.2. The van der Waals surface area contributed by atoms with Crippen LogP contribution in [0.5, 0.6) is 5.75 Å². The maximum Gasteiger partial charge on any atom is 0.339 e. The van der Waals surface area contributed by atoms with Crippen LogP contribution in [0, 0.1) is 6.92 Å². The van der Waals surface area contributed by atoms with E-state index in [1.165, 1.54) is 0 Å². The van der Waals surface area contributed by atoms with Crippen molar-refractivity contribution >= 4 is 16.9 Å². The third-order valence-corrected chi connectivity index (χ3v) is 4.90. The molecule has 1 N–H and O–H groups in total. The minimum absolute atomic E-state index is 0.0713. The standard InChI is InChI=1S/C21H22N2O4/c1-14-11-17(26-13-19(24)22-7-10-23-8-2-3-9-23)20-15-5-4-6-16(15)21(25)27-18(20)12-14/h2-3,8-9,11-12H,4-7,10,13H2,1H3,(H,22,24). The van der Waals surface area contributed by atoms with Gasteiger partial charge < -0.3 is 19.0 Å². The van der Waals surface area contributed by atoms with Crippen molar-refractivity contribution in [2.45, 2.75) is 32.7 Å². The van der Waals surface area contributed by atoms with Gasteiger partial charge in [-0.15, -0.1) is 0 Å². The lowest BCUT2D eigenvalue weighted by Crippen LogP contribution is -2.31. The Hall–Kier alpha value is -3.02. The molecule has 6 nitrogen and oxygen atoms in total. The average Bonchev–Trinajstić information content (AvgIpc) is 3.31. The molecule has 140 valence electrons. The van der Waals surface area contributed by atoms with Crippen LogP contribution in [0.3, 0.4) is 0 Å². The highest BCUT2D eigenvalue weighted by Crippen LogP contribution is 2.35. The van der Waals surface area contributed by atoms with Gasteiger partial charge in [-0.3, -0.25) is 4.79 Å². The van der Waals surface area contributed by atoms with Crippen molar-refractivity contribution < 1.29 is 13.9 Å². The third-order valence-electron chi connectivity index (χ3n) is 4.90. The van der Waals surface area contributed by atoms with E-state index in [0.717, 1.165) is 41.3 Å². The lowest BCUT2D eigenvalue weighted by Gasteiger charge is -2.13. The SMILES string of the molecule is Cc1cc(OCC(=O)NCCn2cccc2)c2c3c(c(=O)oc2c1)CCC3. The van der Waals surface area contributed by atoms with Crippen LogP contribution >= 0.6 is 0 Å². The normalized spacial score (nSPS) is 12.9. The summed E-state index contributed by atoms with van der Waals surface area (Å²) in [6.07, 6.45) is 6.42. The van der Waals surface area contributed by atoms with Gasteiger partial charge in [0.1, 0.15) is 11.3 Å². The van der Waals surface area contributed by atoms with Crippen LogP contribution in [0.2, 0.25) is 0 Å². The minimum Gasteiger partial charge on any atom is -0.483 e. The van der Waals surface area contributed by atoms with Crippen LogP contribution < -0.4 is 15.7 Å². The topological polar surface area (TPSA) is 73.5 Å². The summed E-state index contributed by atoms with van der Waals surface area (Å²) in [7, 11) is 0. The zero-order valence-electron chi connectivity index (χ0n) is 15.3. The van der Waals surface area contributed by atoms with E-state index >= 15 is 0 Å². The van der Waals surface area contributed by atoms with Crippen molar-refractivity contribution in [1.82, 2.24) is 9.88 Å². The van der Waals surface area contributed by atoms with Gasteiger partial charge in [0.25, 0.3) is 5.91 Å². The quantitative estimate of drug-likeness (QED) is 0.681. The second-order valence-corrected chi connectivity index (χ2v) is 6.90. The van der Waals surface area contributed by atoms with E-state index in [1.54, 1.807) is 0 Å². The predicted molar refractivity (Wildman–Crippen MR) is 102 cm³/mol. The summed E-state index contributed by atoms with van der Waals surface area (Å²) < 4.78 is 13.3. The number of aromatic nitrogens is 1. The minimum atomic E-state index is -0.255. The molecule has 27 heavy (non-hydrogen) atoms. The van der Waals surface area contributed by atoms with Crippen LogP contribution in [-0.2, 0) is 24.2 Å². The number of hydrogen-bond acceptors (Lipinski definition) is 4. The summed E-state index contributed by atoms with van der Waals surface area (Å²) in [5.74, 6) is 0.429. The van der Waals surface area contributed by atoms with E-state index in [-0.39, 0.29) is 18.1 Å². The number of amides is 1. The van der Waals surface area contributed by atoms with Gasteiger partial charge in [-0.1, -0.05) is 0 Å². The highest BCUT2D eigenvalue weighted by atomic mass is 16.5. The van der Waals surface area contributed by atoms with Gasteiger partial charge in [0.15, 0.2) is 6.61 Å². The zero-order chi connectivity index (χ0) is 18.8. The first-order chi connectivity index (χ1) is 13.1. The smallest absolute Gasteiger partial charge is 0.339 e. The number of carbonyl (C=O) groups excluding carboxylic acids is 1. The van der Waals surface area contributed by atoms with Gasteiger partial charge in [-0.05, 0) is 61.6 Å². The molecule has 1 aliphatic carbocycles. The molecule has 1 aromatic carbocycles. The van der Waals surface area contributed by atoms with E-state index in [0.29, 0.717) is 24.4 Å². The molecule has 4 rings (SSSR count). The molecule has 0 saturated heterocycles. The third kappa shape index (κ3) is 3.60. The highest BCUT2D eigenvalue weighted by Gasteiger charge is 2.22. The van der Waals surface area contributed by atoms with E-state index in [4.69, 9.17) is 9.15 Å². The summed E-state index contributed by atoms with van der Waals surface area (Å²) in [4.78, 5) is 24.3. The molecule has 1 aliphatic rings. The van der Waals surface area contributed by atoms with Crippen molar-refractivity contribution in [2.75, 3.05) is 13.2 Å². The number of nitrogens with zero attached hydrogens (tertiary/aromatic N) is 1. The summed E-state index contributed by atoms with van der Waals surface area (Å²) in [6.45, 7) is 3.09. The summed E-state index contributed by atoms with van der Waals surface area (Å²) in [5, 5.41) is 3.68. The Labute approximate surface area is 156 Å². The Morgan fingerprint density at radius 2 is 2.00 bits per heavy atom. The van der Waals surface area contributed by atoms with Crippen LogP contribution in [0.4, 0.5) is 0 Å². The first-order valence-electron chi connectivity index (χ1n) is 9.21. The summed E-state index contributed by atoms with van der Waals surface area (Å²) in [6, 6.07) is 7.64. The summed E-state index contributed by atoms with van der Waals surface area (Å²) in [5.41, 5.74) is 2.95. The molecular weight excluding hydrogens is 344 g/mol. The number of carbonyl (C=O) groups is 1. The largest absolute Gasteiger partial charge is 0.483 e. The monoisotopic (exact) mass is 366 g/mol. The van der Waals surface area contributed by atoms with Crippen molar-refractivity contribution in [3.8, 4) is 5.75 Å². The van der Waals surface area contributed by atoms with Gasteiger partial charge >= 0.3 is 5.63 Å². The van der Waals surface area contributed by atoms with Gasteiger partial charge in [-0.2, -0.15) is 0 Å². The molecule has 2 heterocycles. The fourth-order valence-electron chi connectivity index (χ4n) is 3.66. The molecule has 1 amide bonds. The Balaban J connectivity index is 1.49. The Morgan fingerprint density at radius 3 is 2.81 bits per heavy atom. The van der Waals surface area contributed by atoms with E-state index < -0.39 is 0 Å². The molecule has 0 aliphatic heterocycles. The van der Waals surface area contributed by atoms with Crippen LogP contribution in [-0.4, -0.2) is 23.6 Å². The van der Waals surface area contributed by atoms with Crippen LogP contribution in [0.1, 0.15) is 23.1 Å². The lowest BCUT2D eigenvalue weighted by atomic mass is 10.0. The molecule has 0 saturated carbocycles. The number of fused-ring (bicyclic) bond motifs is 3. The van der Waals surface area contributed by atoms with Gasteiger partial charge in [0.05, 0.1) is 5.39 Å². The van der Waals surface area contributed by atoms with Gasteiger partial charge in [-0.25, -0.2) is 4.79 Å². The molecule has 0 atom stereocenters. The second kappa shape index (κ2) is 7.31. The molecule has 0 unspecified atom stereocenters. The van der Waals surface area contributed by atoms with Crippen molar-refractivity contribution in [3.05, 3.63) is 63.8 Å². The van der Waals surface area contributed by atoms with Crippen LogP contribution in [0.25, 0.3) is 11.0 Å². The fourth-order valence-corrected chi connectivity index (χ4v) is 3.66. The van der Waals surface area contributed by atoms with Crippen molar-refractivity contribution in [1.29, 1.82) is 0 Å². The van der Waals surface area contributed by atoms with Crippen LogP contribution in [0.15, 0.2) is 45.9 Å². The molecular formula is C21H22N2O4. The van der Waals surface area contributed by atoms with Crippen molar-refractivity contribution in [3.63, 3.8) is 0 Å². The molecule has 0 bridgehead atoms. The highest BCUT2D eigenvalue weighted by molar-refractivity contribution is 5.89. The number of rotatable bonds is 6. The maximum atomic E-state index is 12.2. The molecule has 3 aromatic rings. The predicted octanol–water partition coefficient (Wildman–Crippen LogP) is 2.59. The average molecular weight is 366 g/mol. The molecule has 2 aromatic heterocycles. The first-order valence-corrected chi connectivity index (χ1v) is 9.21. The fraction of sp³-hybridized carbons (Fsp3) is 0.333. The van der Waals surface area contributed by atoms with Gasteiger partial charge in [0, 0.05) is 31.0 Å². The van der Waals surface area contributed by atoms with Crippen molar-refractivity contribution in [2.24, 2.45) is 0 Å². The lowest BCUT2D eigenvalue weighted by molar-refractivity contribution is -0.123. The zero-order valence-corrected chi connectivity index (χ0v) is 15.3. The first kappa shape index (κ1) is 17.4. The molecule has 0 fully saturated rings. The number of aryl methyl sites for hydroxylation is 2. The van der Waals surface area contributed by atoms with Gasteiger partial charge in [0.2, 0.25) is 0 Å². The van der Waals surface area contributed by atoms with E-state index in [2.05, 4.69) is 5.32 Å². The Bertz CT molecular complexity index is 1030. The second-order valence-electron chi connectivity index (χ2n) is 6.90. The number of nitrogens with one attached hydrogen (secondary N) is 1. The van der Waals surface area contributed by atoms with E-state index in [9.17, 15) is 9.59 Å². The summed E-state index contributed by atoms with van der Waals surface area (Å²) >= 11 is 0.